The monoisotopic (exact) mass is 692 g/mol. The summed E-state index contributed by atoms with van der Waals surface area (Å²) in [5.41, 5.74) is 10.4. The Hall–Kier alpha value is -4.76. The fourth-order valence-electron chi connectivity index (χ4n) is 5.78. The Balaban J connectivity index is 1.35. The number of rotatable bonds is 11. The number of benzene rings is 3. The number of para-hydroxylation sites is 2. The van der Waals surface area contributed by atoms with E-state index in [1.165, 1.54) is 0 Å². The molecule has 0 spiro atoms. The molecule has 0 atom stereocenters. The first-order valence-corrected chi connectivity index (χ1v) is 16.9. The molecule has 5 aromatic rings. The van der Waals surface area contributed by atoms with Crippen LogP contribution in [0, 0.1) is 6.92 Å². The number of anilines is 4. The molecular weight excluding hydrogens is 652 g/mol. The van der Waals surface area contributed by atoms with Gasteiger partial charge in [0.1, 0.15) is 0 Å². The SMILES string of the molecule is CCc1cccc(CC)c1NC(=O)c1ccc(Nc2nccc(-c3cc(C(=O)Nc4c(CC)cccc4CC)c(Br)n3C)n2)c(C)c1. The van der Waals surface area contributed by atoms with Crippen LogP contribution >= 0.6 is 15.9 Å². The Morgan fingerprint density at radius 2 is 1.32 bits per heavy atom. The summed E-state index contributed by atoms with van der Waals surface area (Å²) in [5, 5.41) is 9.61. The van der Waals surface area contributed by atoms with E-state index in [-0.39, 0.29) is 11.8 Å². The lowest BCUT2D eigenvalue weighted by Gasteiger charge is -2.15. The van der Waals surface area contributed by atoms with Crippen molar-refractivity contribution in [2.75, 3.05) is 16.0 Å². The van der Waals surface area contributed by atoms with Crippen molar-refractivity contribution in [2.24, 2.45) is 7.05 Å². The van der Waals surface area contributed by atoms with Crippen LogP contribution in [0.3, 0.4) is 0 Å². The third-order valence-electron chi connectivity index (χ3n) is 8.53. The maximum Gasteiger partial charge on any atom is 0.258 e. The molecule has 0 bridgehead atoms. The van der Waals surface area contributed by atoms with Crippen LogP contribution in [-0.2, 0) is 32.7 Å². The molecule has 47 heavy (non-hydrogen) atoms. The minimum absolute atomic E-state index is 0.147. The second kappa shape index (κ2) is 14.8. The van der Waals surface area contributed by atoms with Crippen molar-refractivity contribution in [1.29, 1.82) is 0 Å². The van der Waals surface area contributed by atoms with E-state index >= 15 is 0 Å². The molecule has 2 heterocycles. The number of hydrogen-bond acceptors (Lipinski definition) is 5. The average molecular weight is 694 g/mol. The summed E-state index contributed by atoms with van der Waals surface area (Å²) in [5.74, 6) is 0.0670. The summed E-state index contributed by atoms with van der Waals surface area (Å²) in [6.45, 7) is 10.3. The maximum atomic E-state index is 13.5. The van der Waals surface area contributed by atoms with Crippen molar-refractivity contribution < 1.29 is 9.59 Å². The van der Waals surface area contributed by atoms with Crippen LogP contribution in [0.5, 0.6) is 0 Å². The molecular formula is C38H41BrN6O2. The van der Waals surface area contributed by atoms with Crippen LogP contribution in [-0.4, -0.2) is 26.3 Å². The topological polar surface area (TPSA) is 101 Å². The summed E-state index contributed by atoms with van der Waals surface area (Å²) < 4.78 is 2.55. The van der Waals surface area contributed by atoms with Crippen molar-refractivity contribution in [3.63, 3.8) is 0 Å². The minimum Gasteiger partial charge on any atom is -0.336 e. The number of carbonyl (C=O) groups excluding carboxylic acids is 2. The van der Waals surface area contributed by atoms with Gasteiger partial charge in [-0.25, -0.2) is 9.97 Å². The molecule has 0 radical (unpaired) electrons. The largest absolute Gasteiger partial charge is 0.336 e. The molecule has 0 saturated carbocycles. The van der Waals surface area contributed by atoms with Gasteiger partial charge < -0.3 is 20.5 Å². The summed E-state index contributed by atoms with van der Waals surface area (Å²) in [6, 6.07) is 21.5. The first kappa shape index (κ1) is 33.6. The highest BCUT2D eigenvalue weighted by Gasteiger charge is 2.21. The van der Waals surface area contributed by atoms with Gasteiger partial charge in [0.25, 0.3) is 11.8 Å². The second-order valence-corrected chi connectivity index (χ2v) is 12.2. The number of nitrogens with zero attached hydrogens (tertiary/aromatic N) is 3. The van der Waals surface area contributed by atoms with Crippen LogP contribution in [0.15, 0.2) is 77.5 Å². The Bertz CT molecular complexity index is 1900. The van der Waals surface area contributed by atoms with Gasteiger partial charge in [0.05, 0.1) is 21.6 Å². The van der Waals surface area contributed by atoms with E-state index in [2.05, 4.69) is 76.7 Å². The van der Waals surface area contributed by atoms with Gasteiger partial charge in [-0.3, -0.25) is 9.59 Å². The number of nitrogens with one attached hydrogen (secondary N) is 3. The Morgan fingerprint density at radius 1 is 0.766 bits per heavy atom. The summed E-state index contributed by atoms with van der Waals surface area (Å²) >= 11 is 3.63. The third-order valence-corrected chi connectivity index (χ3v) is 9.49. The first-order valence-electron chi connectivity index (χ1n) is 16.1. The number of aromatic nitrogens is 3. The van der Waals surface area contributed by atoms with Gasteiger partial charge in [-0.15, -0.1) is 0 Å². The highest BCUT2D eigenvalue weighted by molar-refractivity contribution is 9.10. The Labute approximate surface area is 285 Å². The zero-order chi connectivity index (χ0) is 33.7. The molecule has 2 amide bonds. The highest BCUT2D eigenvalue weighted by Crippen LogP contribution is 2.31. The molecule has 242 valence electrons. The number of halogens is 1. The molecule has 9 heteroatoms. The third kappa shape index (κ3) is 7.15. The van der Waals surface area contributed by atoms with E-state index in [0.717, 1.165) is 76.3 Å². The fraction of sp³-hybridized carbons (Fsp3) is 0.263. The molecule has 8 nitrogen and oxygen atoms in total. The molecule has 0 aliphatic carbocycles. The van der Waals surface area contributed by atoms with E-state index in [1.54, 1.807) is 12.3 Å². The average Bonchev–Trinajstić information content (AvgIpc) is 3.39. The van der Waals surface area contributed by atoms with Crippen molar-refractivity contribution >= 4 is 50.8 Å². The number of aryl methyl sites for hydroxylation is 5. The predicted molar refractivity (Wildman–Crippen MR) is 195 cm³/mol. The molecule has 3 N–H and O–H groups in total. The van der Waals surface area contributed by atoms with Gasteiger partial charge in [-0.1, -0.05) is 64.1 Å². The summed E-state index contributed by atoms with van der Waals surface area (Å²) in [7, 11) is 1.89. The number of hydrogen-bond donors (Lipinski definition) is 3. The molecule has 0 unspecified atom stereocenters. The zero-order valence-electron chi connectivity index (χ0n) is 27.8. The smallest absolute Gasteiger partial charge is 0.258 e. The molecule has 5 rings (SSSR count). The van der Waals surface area contributed by atoms with Gasteiger partial charge in [-0.05, 0) is 107 Å². The van der Waals surface area contributed by atoms with E-state index < -0.39 is 0 Å². The van der Waals surface area contributed by atoms with E-state index in [0.29, 0.717) is 27.4 Å². The zero-order valence-corrected chi connectivity index (χ0v) is 29.4. The van der Waals surface area contributed by atoms with Crippen molar-refractivity contribution in [1.82, 2.24) is 14.5 Å². The second-order valence-electron chi connectivity index (χ2n) is 11.4. The Kier molecular flexibility index (Phi) is 10.6. The quantitative estimate of drug-likeness (QED) is 0.128. The first-order chi connectivity index (χ1) is 22.7. The predicted octanol–water partition coefficient (Wildman–Crippen LogP) is 9.05. The van der Waals surface area contributed by atoms with Crippen molar-refractivity contribution in [3.8, 4) is 11.4 Å². The molecule has 2 aromatic heterocycles. The van der Waals surface area contributed by atoms with Gasteiger partial charge in [0, 0.05) is 35.9 Å². The summed E-state index contributed by atoms with van der Waals surface area (Å²) in [4.78, 5) is 36.0. The van der Waals surface area contributed by atoms with Gasteiger partial charge in [0.15, 0.2) is 0 Å². The van der Waals surface area contributed by atoms with Gasteiger partial charge in [-0.2, -0.15) is 0 Å². The number of carbonyl (C=O) groups is 2. The standard InChI is InChI=1S/C38H41BrN6O2/c1-7-24-13-11-14-25(8-2)33(24)43-36(46)28-17-18-30(23(5)21-28)41-38-40-20-19-31(42-38)32-22-29(35(39)45(32)6)37(47)44-34-26(9-3)15-12-16-27(34)10-4/h11-22H,7-10H2,1-6H3,(H,43,46)(H,44,47)(H,40,41,42). The highest BCUT2D eigenvalue weighted by atomic mass is 79.9. The summed E-state index contributed by atoms with van der Waals surface area (Å²) in [6.07, 6.45) is 5.01. The van der Waals surface area contributed by atoms with Crippen LogP contribution in [0.25, 0.3) is 11.4 Å². The lowest BCUT2D eigenvalue weighted by atomic mass is 10.0. The Morgan fingerprint density at radius 3 is 1.85 bits per heavy atom. The lowest BCUT2D eigenvalue weighted by molar-refractivity contribution is 0.101. The number of amides is 2. The van der Waals surface area contributed by atoms with E-state index in [1.807, 2.05) is 67.1 Å². The molecule has 0 fully saturated rings. The van der Waals surface area contributed by atoms with Crippen molar-refractivity contribution in [2.45, 2.75) is 60.3 Å². The molecule has 0 aliphatic heterocycles. The van der Waals surface area contributed by atoms with Crippen LogP contribution in [0.4, 0.5) is 23.0 Å². The van der Waals surface area contributed by atoms with E-state index in [9.17, 15) is 9.59 Å². The van der Waals surface area contributed by atoms with Crippen LogP contribution in [0.1, 0.15) is 76.2 Å². The van der Waals surface area contributed by atoms with E-state index in [4.69, 9.17) is 4.98 Å². The lowest BCUT2D eigenvalue weighted by Crippen LogP contribution is -2.15. The van der Waals surface area contributed by atoms with Gasteiger partial charge in [0.2, 0.25) is 5.95 Å². The van der Waals surface area contributed by atoms with Crippen molar-refractivity contribution in [3.05, 3.63) is 116 Å². The molecule has 0 saturated heterocycles. The fourth-order valence-corrected chi connectivity index (χ4v) is 6.27. The van der Waals surface area contributed by atoms with Gasteiger partial charge >= 0.3 is 0 Å². The molecule has 0 aliphatic rings. The minimum atomic E-state index is -0.189. The maximum absolute atomic E-state index is 13.5. The molecule has 3 aromatic carbocycles. The van der Waals surface area contributed by atoms with Crippen LogP contribution in [0.2, 0.25) is 0 Å². The normalized spacial score (nSPS) is 11.0. The van der Waals surface area contributed by atoms with Crippen LogP contribution < -0.4 is 16.0 Å².